The first-order chi connectivity index (χ1) is 7.60. The maximum atomic E-state index is 10.6. The van der Waals surface area contributed by atoms with E-state index in [0.717, 1.165) is 12.3 Å². The van der Waals surface area contributed by atoms with Gasteiger partial charge in [-0.25, -0.2) is 4.79 Å². The van der Waals surface area contributed by atoms with Gasteiger partial charge in [0.15, 0.2) is 0 Å². The number of hydrogen-bond donors (Lipinski definition) is 1. The molecule has 1 N–H and O–H groups in total. The highest BCUT2D eigenvalue weighted by molar-refractivity contribution is 5.93. The molecule has 0 bridgehead atoms. The molecular formula is C11H19N3O2. The Balaban J connectivity index is 2.49. The third-order valence-electron chi connectivity index (χ3n) is 2.77. The van der Waals surface area contributed by atoms with Crippen molar-refractivity contribution in [2.75, 3.05) is 27.2 Å². The number of hydrogen-bond acceptors (Lipinski definition) is 2. The van der Waals surface area contributed by atoms with E-state index >= 15 is 0 Å². The van der Waals surface area contributed by atoms with Gasteiger partial charge in [-0.3, -0.25) is 4.99 Å². The molecule has 5 nitrogen and oxygen atoms in total. The van der Waals surface area contributed by atoms with Crippen LogP contribution in [0.1, 0.15) is 13.3 Å². The van der Waals surface area contributed by atoms with E-state index in [-0.39, 0.29) is 6.04 Å². The molecule has 0 radical (unpaired) electrons. The Morgan fingerprint density at radius 1 is 1.62 bits per heavy atom. The highest BCUT2D eigenvalue weighted by Crippen LogP contribution is 2.14. The number of aliphatic imine (C=N–C) groups is 1. The van der Waals surface area contributed by atoms with Crippen LogP contribution in [0.4, 0.5) is 4.79 Å². The van der Waals surface area contributed by atoms with E-state index in [4.69, 9.17) is 5.11 Å². The summed E-state index contributed by atoms with van der Waals surface area (Å²) in [6, 6.07) is 0.247. The number of rotatable bonds is 3. The van der Waals surface area contributed by atoms with Crippen molar-refractivity contribution < 1.29 is 9.90 Å². The first kappa shape index (κ1) is 12.5. The minimum atomic E-state index is -0.844. The van der Waals surface area contributed by atoms with Crippen LogP contribution in [0.25, 0.3) is 0 Å². The maximum absolute atomic E-state index is 10.6. The van der Waals surface area contributed by atoms with Crippen LogP contribution < -0.4 is 0 Å². The van der Waals surface area contributed by atoms with Crippen LogP contribution in [0, 0.1) is 0 Å². The minimum Gasteiger partial charge on any atom is -0.465 e. The maximum Gasteiger partial charge on any atom is 0.407 e. The third kappa shape index (κ3) is 2.74. The third-order valence-corrected chi connectivity index (χ3v) is 2.77. The summed E-state index contributed by atoms with van der Waals surface area (Å²) in [6.45, 7) is 3.19. The molecule has 0 aliphatic carbocycles. The van der Waals surface area contributed by atoms with Gasteiger partial charge in [0.05, 0.1) is 6.04 Å². The molecule has 5 heteroatoms. The molecule has 0 spiro atoms. The van der Waals surface area contributed by atoms with Crippen molar-refractivity contribution >= 4 is 11.9 Å². The summed E-state index contributed by atoms with van der Waals surface area (Å²) in [6.07, 6.45) is 4.15. The van der Waals surface area contributed by atoms with Crippen LogP contribution >= 0.6 is 0 Å². The van der Waals surface area contributed by atoms with Crippen LogP contribution in [0.5, 0.6) is 0 Å². The fourth-order valence-electron chi connectivity index (χ4n) is 1.62. The van der Waals surface area contributed by atoms with E-state index in [1.807, 2.05) is 24.1 Å². The van der Waals surface area contributed by atoms with Crippen LogP contribution in [0.2, 0.25) is 0 Å². The van der Waals surface area contributed by atoms with Crippen molar-refractivity contribution in [1.29, 1.82) is 0 Å². The molecule has 1 aliphatic rings. The number of carboxylic acid groups (broad SMARTS) is 1. The van der Waals surface area contributed by atoms with Crippen molar-refractivity contribution in [3.8, 4) is 0 Å². The van der Waals surface area contributed by atoms with Gasteiger partial charge < -0.3 is 14.9 Å². The van der Waals surface area contributed by atoms with Gasteiger partial charge in [-0.15, -0.1) is 0 Å². The molecule has 0 atom stereocenters. The van der Waals surface area contributed by atoms with E-state index in [9.17, 15) is 4.79 Å². The second-order valence-electron chi connectivity index (χ2n) is 3.84. The molecule has 0 aromatic rings. The lowest BCUT2D eigenvalue weighted by atomic mass is 10.1. The quantitative estimate of drug-likeness (QED) is 0.581. The van der Waals surface area contributed by atoms with Crippen LogP contribution in [0.3, 0.4) is 0 Å². The molecule has 1 heterocycles. The highest BCUT2D eigenvalue weighted by Gasteiger charge is 2.33. The Morgan fingerprint density at radius 3 is 2.69 bits per heavy atom. The predicted molar refractivity (Wildman–Crippen MR) is 63.9 cm³/mol. The lowest BCUT2D eigenvalue weighted by Crippen LogP contribution is -2.60. The number of amides is 1. The molecule has 1 fully saturated rings. The van der Waals surface area contributed by atoms with Gasteiger partial charge in [0.1, 0.15) is 5.84 Å². The summed E-state index contributed by atoms with van der Waals surface area (Å²) in [5, 5.41) is 8.73. The van der Waals surface area contributed by atoms with E-state index in [2.05, 4.69) is 11.9 Å². The second-order valence-corrected chi connectivity index (χ2v) is 3.84. The fraction of sp³-hybridized carbons (Fsp3) is 0.636. The largest absolute Gasteiger partial charge is 0.465 e. The van der Waals surface area contributed by atoms with Gasteiger partial charge >= 0.3 is 6.09 Å². The van der Waals surface area contributed by atoms with Crippen molar-refractivity contribution in [1.82, 2.24) is 9.80 Å². The Labute approximate surface area is 96.1 Å². The van der Waals surface area contributed by atoms with Gasteiger partial charge in [0, 0.05) is 27.2 Å². The molecule has 1 amide bonds. The van der Waals surface area contributed by atoms with E-state index in [1.54, 1.807) is 7.05 Å². The minimum absolute atomic E-state index is 0.247. The van der Waals surface area contributed by atoms with Crippen molar-refractivity contribution in [3.63, 3.8) is 0 Å². The van der Waals surface area contributed by atoms with E-state index in [1.165, 1.54) is 4.90 Å². The van der Waals surface area contributed by atoms with Gasteiger partial charge in [-0.05, 0) is 12.5 Å². The predicted octanol–water partition coefficient (Wildman–Crippen LogP) is 1.27. The molecule has 1 aliphatic heterocycles. The van der Waals surface area contributed by atoms with E-state index in [0.29, 0.717) is 13.1 Å². The van der Waals surface area contributed by atoms with Gasteiger partial charge in [0.2, 0.25) is 0 Å². The van der Waals surface area contributed by atoms with Crippen molar-refractivity contribution in [3.05, 3.63) is 12.2 Å². The molecule has 1 rings (SSSR count). The molecular weight excluding hydrogens is 206 g/mol. The van der Waals surface area contributed by atoms with Crippen LogP contribution in [0.15, 0.2) is 17.1 Å². The number of likely N-dealkylation sites (tertiary alicyclic amines) is 1. The average Bonchev–Trinajstić information content (AvgIpc) is 2.16. The Kier molecular flexibility index (Phi) is 4.34. The number of likely N-dealkylation sites (N-methyl/N-ethyl adjacent to an activating group) is 1. The molecule has 1 saturated heterocycles. The van der Waals surface area contributed by atoms with E-state index < -0.39 is 6.09 Å². The first-order valence-corrected chi connectivity index (χ1v) is 5.44. The zero-order valence-corrected chi connectivity index (χ0v) is 10.1. The number of allylic oxidation sites excluding steroid dienone is 1. The lowest BCUT2D eigenvalue weighted by molar-refractivity contribution is 0.0733. The molecule has 0 saturated carbocycles. The van der Waals surface area contributed by atoms with Gasteiger partial charge in [0.25, 0.3) is 0 Å². The molecule has 0 aromatic carbocycles. The van der Waals surface area contributed by atoms with Crippen molar-refractivity contribution in [2.24, 2.45) is 4.99 Å². The Hall–Kier alpha value is -1.52. The normalized spacial score (nSPS) is 17.7. The summed E-state index contributed by atoms with van der Waals surface area (Å²) in [7, 11) is 3.70. The second kappa shape index (κ2) is 5.53. The molecule has 90 valence electrons. The summed E-state index contributed by atoms with van der Waals surface area (Å²) in [5.41, 5.74) is 0. The smallest absolute Gasteiger partial charge is 0.407 e. The average molecular weight is 225 g/mol. The zero-order valence-electron chi connectivity index (χ0n) is 10.1. The van der Waals surface area contributed by atoms with Crippen molar-refractivity contribution in [2.45, 2.75) is 19.4 Å². The Morgan fingerprint density at radius 2 is 2.25 bits per heavy atom. The summed E-state index contributed by atoms with van der Waals surface area (Å²) in [5.74, 6) is 0.900. The summed E-state index contributed by atoms with van der Waals surface area (Å²) in [4.78, 5) is 18.2. The number of carbonyl (C=O) groups is 1. The van der Waals surface area contributed by atoms with Gasteiger partial charge in [-0.1, -0.05) is 13.0 Å². The van der Waals surface area contributed by atoms with Crippen LogP contribution in [-0.2, 0) is 0 Å². The fourth-order valence-corrected chi connectivity index (χ4v) is 1.62. The molecule has 0 aromatic heterocycles. The van der Waals surface area contributed by atoms with Gasteiger partial charge in [-0.2, -0.15) is 0 Å². The SMILES string of the molecule is CC/C=C\C(=NC)N(C)C1CN(C(=O)O)C1. The van der Waals surface area contributed by atoms with Crippen LogP contribution in [-0.4, -0.2) is 60.1 Å². The summed E-state index contributed by atoms with van der Waals surface area (Å²) >= 11 is 0. The molecule has 0 unspecified atom stereocenters. The molecule has 16 heavy (non-hydrogen) atoms. The number of amidine groups is 1. The summed E-state index contributed by atoms with van der Waals surface area (Å²) < 4.78 is 0. The number of nitrogens with zero attached hydrogens (tertiary/aromatic N) is 3. The standard InChI is InChI=1S/C11H19N3O2/c1-4-5-6-10(12-2)13(3)9-7-14(8-9)11(15)16/h5-6,9H,4,7-8H2,1-3H3,(H,15,16)/b6-5-,12-10?. The highest BCUT2D eigenvalue weighted by atomic mass is 16.4. The lowest BCUT2D eigenvalue weighted by Gasteiger charge is -2.43. The first-order valence-electron chi connectivity index (χ1n) is 5.44. The Bertz CT molecular complexity index is 306. The zero-order chi connectivity index (χ0) is 12.1. The monoisotopic (exact) mass is 225 g/mol. The topological polar surface area (TPSA) is 56.1 Å².